The molecule has 0 aromatic heterocycles. The Morgan fingerprint density at radius 3 is 2.42 bits per heavy atom. The molecule has 2 N–H and O–H groups in total. The molecule has 1 atom stereocenters. The second-order valence-corrected chi connectivity index (χ2v) is 3.09. The highest BCUT2D eigenvalue weighted by Gasteiger charge is 2.19. The zero-order chi connectivity index (χ0) is 8.39. The zero-order valence-electron chi connectivity index (χ0n) is 6.99. The average Bonchev–Trinajstić information content (AvgIpc) is 2.03. The first kappa shape index (κ1) is 7.77. The summed E-state index contributed by atoms with van der Waals surface area (Å²) >= 11 is 0. The maximum Gasteiger partial charge on any atom is 0.0846 e. The molecule has 1 aliphatic rings. The standard InChI is InChI=1S/C10H13NO/c11-7-8-1-3-9(4-2-8)10-5-6-12-10/h1-4,10H,5-7,11H2. The Bertz CT molecular complexity index is 251. The van der Waals surface area contributed by atoms with Crippen molar-refractivity contribution in [3.05, 3.63) is 35.4 Å². The molecule has 1 unspecified atom stereocenters. The van der Waals surface area contributed by atoms with E-state index in [2.05, 4.69) is 24.3 Å². The lowest BCUT2D eigenvalue weighted by Crippen LogP contribution is -2.18. The molecule has 1 fully saturated rings. The van der Waals surface area contributed by atoms with Crippen molar-refractivity contribution in [2.75, 3.05) is 6.61 Å². The van der Waals surface area contributed by atoms with E-state index in [0.29, 0.717) is 12.6 Å². The van der Waals surface area contributed by atoms with Gasteiger partial charge >= 0.3 is 0 Å². The minimum atomic E-state index is 0.344. The molecule has 12 heavy (non-hydrogen) atoms. The van der Waals surface area contributed by atoms with Crippen LogP contribution in [-0.2, 0) is 11.3 Å². The van der Waals surface area contributed by atoms with Gasteiger partial charge in [0.1, 0.15) is 0 Å². The topological polar surface area (TPSA) is 35.2 Å². The van der Waals surface area contributed by atoms with Gasteiger partial charge in [0.15, 0.2) is 0 Å². The van der Waals surface area contributed by atoms with Crippen molar-refractivity contribution in [3.63, 3.8) is 0 Å². The van der Waals surface area contributed by atoms with Crippen LogP contribution in [0.25, 0.3) is 0 Å². The van der Waals surface area contributed by atoms with Crippen LogP contribution in [0.3, 0.4) is 0 Å². The van der Waals surface area contributed by atoms with Crippen molar-refractivity contribution >= 4 is 0 Å². The summed E-state index contributed by atoms with van der Waals surface area (Å²) in [6.45, 7) is 1.52. The second kappa shape index (κ2) is 3.25. The van der Waals surface area contributed by atoms with Crippen molar-refractivity contribution in [2.45, 2.75) is 19.1 Å². The van der Waals surface area contributed by atoms with Crippen LogP contribution in [0, 0.1) is 0 Å². The Labute approximate surface area is 72.3 Å². The van der Waals surface area contributed by atoms with Crippen molar-refractivity contribution in [2.24, 2.45) is 5.73 Å². The fraction of sp³-hybridized carbons (Fsp3) is 0.400. The lowest BCUT2D eigenvalue weighted by atomic mass is 10.0. The number of ether oxygens (including phenoxy) is 1. The van der Waals surface area contributed by atoms with E-state index in [1.807, 2.05) is 0 Å². The minimum Gasteiger partial charge on any atom is -0.373 e. The van der Waals surface area contributed by atoms with Crippen LogP contribution in [0.4, 0.5) is 0 Å². The maximum atomic E-state index is 5.49. The molecule has 1 aromatic carbocycles. The van der Waals surface area contributed by atoms with Crippen LogP contribution in [0.1, 0.15) is 23.7 Å². The average molecular weight is 163 g/mol. The van der Waals surface area contributed by atoms with Gasteiger partial charge < -0.3 is 10.5 Å². The number of hydrogen-bond acceptors (Lipinski definition) is 2. The summed E-state index contributed by atoms with van der Waals surface area (Å²) in [5.74, 6) is 0. The largest absolute Gasteiger partial charge is 0.373 e. The van der Waals surface area contributed by atoms with Crippen molar-refractivity contribution < 1.29 is 4.74 Å². The van der Waals surface area contributed by atoms with Gasteiger partial charge in [-0.3, -0.25) is 0 Å². The summed E-state index contributed by atoms with van der Waals surface area (Å²) in [6.07, 6.45) is 1.50. The van der Waals surface area contributed by atoms with Gasteiger partial charge in [0, 0.05) is 13.0 Å². The molecule has 2 nitrogen and oxygen atoms in total. The SMILES string of the molecule is NCc1ccc(C2CCO2)cc1. The molecule has 2 rings (SSSR count). The Morgan fingerprint density at radius 1 is 1.33 bits per heavy atom. The summed E-state index contributed by atoms with van der Waals surface area (Å²) in [6, 6.07) is 8.34. The van der Waals surface area contributed by atoms with Crippen LogP contribution >= 0.6 is 0 Å². The smallest absolute Gasteiger partial charge is 0.0846 e. The summed E-state index contributed by atoms with van der Waals surface area (Å²) in [7, 11) is 0. The van der Waals surface area contributed by atoms with E-state index in [0.717, 1.165) is 13.0 Å². The van der Waals surface area contributed by atoms with Crippen LogP contribution in [-0.4, -0.2) is 6.61 Å². The van der Waals surface area contributed by atoms with Crippen molar-refractivity contribution in [1.29, 1.82) is 0 Å². The molecule has 1 aliphatic heterocycles. The van der Waals surface area contributed by atoms with E-state index in [1.165, 1.54) is 11.1 Å². The van der Waals surface area contributed by atoms with Crippen LogP contribution < -0.4 is 5.73 Å². The summed E-state index contributed by atoms with van der Waals surface area (Å²) < 4.78 is 5.36. The number of nitrogens with two attached hydrogens (primary N) is 1. The lowest BCUT2D eigenvalue weighted by Gasteiger charge is -2.26. The summed E-state index contributed by atoms with van der Waals surface area (Å²) in [5, 5.41) is 0. The van der Waals surface area contributed by atoms with Crippen LogP contribution in [0.15, 0.2) is 24.3 Å². The number of benzene rings is 1. The zero-order valence-corrected chi connectivity index (χ0v) is 6.99. The minimum absolute atomic E-state index is 0.344. The molecular weight excluding hydrogens is 150 g/mol. The Hall–Kier alpha value is -0.860. The third-order valence-corrected chi connectivity index (χ3v) is 2.29. The summed E-state index contributed by atoms with van der Waals surface area (Å²) in [5.41, 5.74) is 7.95. The predicted octanol–water partition coefficient (Wildman–Crippen LogP) is 1.61. The van der Waals surface area contributed by atoms with Crippen LogP contribution in [0.2, 0.25) is 0 Å². The Kier molecular flexibility index (Phi) is 2.11. The van der Waals surface area contributed by atoms with Crippen molar-refractivity contribution in [3.8, 4) is 0 Å². The van der Waals surface area contributed by atoms with Crippen LogP contribution in [0.5, 0.6) is 0 Å². The molecule has 2 heteroatoms. The molecule has 0 saturated carbocycles. The molecule has 1 saturated heterocycles. The Balaban J connectivity index is 2.13. The van der Waals surface area contributed by atoms with Gasteiger partial charge in [0.25, 0.3) is 0 Å². The van der Waals surface area contributed by atoms with E-state index >= 15 is 0 Å². The van der Waals surface area contributed by atoms with Gasteiger partial charge in [-0.05, 0) is 11.1 Å². The van der Waals surface area contributed by atoms with Gasteiger partial charge in [-0.15, -0.1) is 0 Å². The molecular formula is C10H13NO. The molecule has 1 heterocycles. The van der Waals surface area contributed by atoms with Crippen molar-refractivity contribution in [1.82, 2.24) is 0 Å². The summed E-state index contributed by atoms with van der Waals surface area (Å²) in [4.78, 5) is 0. The lowest BCUT2D eigenvalue weighted by molar-refractivity contribution is -0.0527. The number of hydrogen-bond donors (Lipinski definition) is 1. The molecule has 0 radical (unpaired) electrons. The van der Waals surface area contributed by atoms with Gasteiger partial charge in [-0.1, -0.05) is 24.3 Å². The van der Waals surface area contributed by atoms with E-state index < -0.39 is 0 Å². The number of rotatable bonds is 2. The second-order valence-electron chi connectivity index (χ2n) is 3.09. The first-order valence-electron chi connectivity index (χ1n) is 4.30. The van der Waals surface area contributed by atoms with Gasteiger partial charge in [-0.25, -0.2) is 0 Å². The first-order chi connectivity index (χ1) is 5.90. The molecule has 0 amide bonds. The van der Waals surface area contributed by atoms with Gasteiger partial charge in [0.2, 0.25) is 0 Å². The third kappa shape index (κ3) is 1.36. The molecule has 0 bridgehead atoms. The highest BCUT2D eigenvalue weighted by molar-refractivity contribution is 5.24. The molecule has 64 valence electrons. The maximum absolute atomic E-state index is 5.49. The fourth-order valence-electron chi connectivity index (χ4n) is 1.37. The van der Waals surface area contributed by atoms with E-state index in [-0.39, 0.29) is 0 Å². The quantitative estimate of drug-likeness (QED) is 0.718. The molecule has 1 aromatic rings. The monoisotopic (exact) mass is 163 g/mol. The Morgan fingerprint density at radius 2 is 2.00 bits per heavy atom. The normalized spacial score (nSPS) is 21.9. The van der Waals surface area contributed by atoms with Gasteiger partial charge in [-0.2, -0.15) is 0 Å². The van der Waals surface area contributed by atoms with E-state index in [9.17, 15) is 0 Å². The molecule has 0 aliphatic carbocycles. The van der Waals surface area contributed by atoms with E-state index in [4.69, 9.17) is 10.5 Å². The molecule has 0 spiro atoms. The predicted molar refractivity (Wildman–Crippen MR) is 47.6 cm³/mol. The third-order valence-electron chi connectivity index (χ3n) is 2.29. The highest BCUT2D eigenvalue weighted by Crippen LogP contribution is 2.28. The first-order valence-corrected chi connectivity index (χ1v) is 4.30. The van der Waals surface area contributed by atoms with Gasteiger partial charge in [0.05, 0.1) is 12.7 Å². The highest BCUT2D eigenvalue weighted by atomic mass is 16.5. The van der Waals surface area contributed by atoms with E-state index in [1.54, 1.807) is 0 Å². The fourth-order valence-corrected chi connectivity index (χ4v) is 1.37.